The van der Waals surface area contributed by atoms with E-state index in [-0.39, 0.29) is 18.6 Å². The van der Waals surface area contributed by atoms with Crippen LogP contribution in [0.15, 0.2) is 24.3 Å². The molecule has 3 aromatic rings. The van der Waals surface area contributed by atoms with Gasteiger partial charge in [-0.3, -0.25) is 9.89 Å². The molecule has 1 saturated carbocycles. The minimum atomic E-state index is -0.826. The van der Waals surface area contributed by atoms with Crippen molar-refractivity contribution in [2.45, 2.75) is 71.0 Å². The number of likely N-dealkylation sites (N-methyl/N-ethyl adjacent to an activating group) is 1. The van der Waals surface area contributed by atoms with Crippen LogP contribution in [-0.4, -0.2) is 52.1 Å². The number of nitrogens with zero attached hydrogens (tertiary/aromatic N) is 2. The molecule has 7 heteroatoms. The van der Waals surface area contributed by atoms with Crippen molar-refractivity contribution in [1.82, 2.24) is 15.2 Å². The molecule has 0 bridgehead atoms. The van der Waals surface area contributed by atoms with E-state index in [0.29, 0.717) is 5.41 Å². The first-order chi connectivity index (χ1) is 15.8. The van der Waals surface area contributed by atoms with Gasteiger partial charge in [-0.05, 0) is 55.7 Å². The zero-order chi connectivity index (χ0) is 23.2. The Hall–Kier alpha value is -2.64. The number of aliphatic hydroxyl groups is 1. The maximum Gasteiger partial charge on any atom is 0.258 e. The van der Waals surface area contributed by atoms with Gasteiger partial charge in [0.1, 0.15) is 5.69 Å². The maximum atomic E-state index is 13.0. The number of hydrogen-bond acceptors (Lipinski definition) is 4. The highest BCUT2D eigenvalue weighted by molar-refractivity contribution is 5.98. The summed E-state index contributed by atoms with van der Waals surface area (Å²) >= 11 is 0. The average Bonchev–Trinajstić information content (AvgIpc) is 3.54. The molecule has 0 radical (unpaired) electrons. The van der Waals surface area contributed by atoms with Gasteiger partial charge in [0.2, 0.25) is 0 Å². The molecule has 1 unspecified atom stereocenters. The molecule has 33 heavy (non-hydrogen) atoms. The minimum Gasteiger partial charge on any atom is -0.393 e. The van der Waals surface area contributed by atoms with Gasteiger partial charge in [-0.25, -0.2) is 0 Å². The number of benzene rings is 1. The number of aliphatic hydroxyl groups excluding tert-OH is 1. The molecule has 2 aliphatic rings. The number of carbonyl (C=O) groups is 1. The molecule has 0 saturated heterocycles. The predicted molar refractivity (Wildman–Crippen MR) is 129 cm³/mol. The van der Waals surface area contributed by atoms with Crippen molar-refractivity contribution in [3.05, 3.63) is 35.5 Å². The van der Waals surface area contributed by atoms with E-state index in [2.05, 4.69) is 35.1 Å². The summed E-state index contributed by atoms with van der Waals surface area (Å²) in [6.07, 6.45) is 6.59. The van der Waals surface area contributed by atoms with Crippen molar-refractivity contribution in [2.24, 2.45) is 5.41 Å². The molecule has 2 aromatic heterocycles. The molecule has 1 atom stereocenters. The first kappa shape index (κ1) is 22.2. The molecule has 5 rings (SSSR count). The highest BCUT2D eigenvalue weighted by Gasteiger charge is 2.30. The number of H-pyrrole nitrogens is 2. The molecule has 1 amide bonds. The van der Waals surface area contributed by atoms with Crippen molar-refractivity contribution >= 4 is 22.5 Å². The van der Waals surface area contributed by atoms with Gasteiger partial charge in [0, 0.05) is 34.9 Å². The third kappa shape index (κ3) is 4.32. The Morgan fingerprint density at radius 3 is 2.85 bits per heavy atom. The number of anilines is 1. The van der Waals surface area contributed by atoms with Crippen LogP contribution in [0.4, 0.5) is 5.69 Å². The van der Waals surface area contributed by atoms with E-state index < -0.39 is 6.10 Å². The number of hydrogen-bond donors (Lipinski definition) is 3. The van der Waals surface area contributed by atoms with Gasteiger partial charge in [0.25, 0.3) is 5.91 Å². The quantitative estimate of drug-likeness (QED) is 0.520. The van der Waals surface area contributed by atoms with Crippen molar-refractivity contribution in [3.63, 3.8) is 0 Å². The van der Waals surface area contributed by atoms with Crippen LogP contribution in [0.5, 0.6) is 0 Å². The second-order valence-corrected chi connectivity index (χ2v) is 10.4. The summed E-state index contributed by atoms with van der Waals surface area (Å²) in [5.41, 5.74) is 6.55. The first-order valence-electron chi connectivity index (χ1n) is 12.1. The Bertz CT molecular complexity index is 1160. The van der Waals surface area contributed by atoms with Crippen LogP contribution in [0.3, 0.4) is 0 Å². The summed E-state index contributed by atoms with van der Waals surface area (Å²) in [4.78, 5) is 18.1. The summed E-state index contributed by atoms with van der Waals surface area (Å²) < 4.78 is 5.91. The molecule has 3 N–H and O–H groups in total. The second-order valence-electron chi connectivity index (χ2n) is 10.4. The Morgan fingerprint density at radius 2 is 2.09 bits per heavy atom. The predicted octanol–water partition coefficient (Wildman–Crippen LogP) is 4.36. The summed E-state index contributed by atoms with van der Waals surface area (Å²) in [5, 5.41) is 18.7. The monoisotopic (exact) mass is 450 g/mol. The number of aromatic nitrogens is 3. The van der Waals surface area contributed by atoms with Gasteiger partial charge in [-0.1, -0.05) is 32.8 Å². The molecular formula is C26H34N4O3. The Labute approximate surface area is 194 Å². The number of carbonyl (C=O) groups excluding carboxylic acids is 1. The molecular weight excluding hydrogens is 416 g/mol. The molecule has 0 aliphatic heterocycles. The lowest BCUT2D eigenvalue weighted by molar-refractivity contribution is -0.136. The number of fused-ring (bicyclic) bond motifs is 2. The number of ether oxygens (including phenoxy) is 1. The van der Waals surface area contributed by atoms with Crippen LogP contribution in [0.2, 0.25) is 0 Å². The second kappa shape index (κ2) is 8.61. The third-order valence-electron chi connectivity index (χ3n) is 7.34. The van der Waals surface area contributed by atoms with Crippen LogP contribution in [0.25, 0.3) is 22.3 Å². The van der Waals surface area contributed by atoms with Crippen LogP contribution in [0.1, 0.15) is 57.2 Å². The molecule has 1 fully saturated rings. The molecule has 0 spiro atoms. The Kier molecular flexibility index (Phi) is 5.79. The van der Waals surface area contributed by atoms with Gasteiger partial charge < -0.3 is 19.7 Å². The number of amides is 1. The normalized spacial score (nSPS) is 19.0. The standard InChI is InChI=1S/C26H34N4O3/c1-26(2)11-10-19-22(14-26)28-29-24(19)21-12-16-8-9-17(13-20(16)27-21)30(3)25(32)23(15-31)33-18-6-4-5-7-18/h8-9,12-13,18,23,27,31H,4-7,10-11,14-15H2,1-3H3,(H,28,29). The zero-order valence-corrected chi connectivity index (χ0v) is 19.8. The number of aromatic amines is 2. The fraction of sp³-hybridized carbons (Fsp3) is 0.538. The minimum absolute atomic E-state index is 0.0679. The topological polar surface area (TPSA) is 94.2 Å². The smallest absolute Gasteiger partial charge is 0.258 e. The molecule has 1 aromatic carbocycles. The number of rotatable bonds is 6. The fourth-order valence-electron chi connectivity index (χ4n) is 5.30. The average molecular weight is 451 g/mol. The zero-order valence-electron chi connectivity index (χ0n) is 19.8. The lowest BCUT2D eigenvalue weighted by Crippen LogP contribution is -2.41. The summed E-state index contributed by atoms with van der Waals surface area (Å²) in [5.74, 6) is -0.223. The van der Waals surface area contributed by atoms with E-state index in [1.165, 1.54) is 11.3 Å². The summed E-state index contributed by atoms with van der Waals surface area (Å²) in [6, 6.07) is 8.05. The van der Waals surface area contributed by atoms with E-state index in [1.807, 2.05) is 18.2 Å². The molecule has 7 nitrogen and oxygen atoms in total. The fourth-order valence-corrected chi connectivity index (χ4v) is 5.30. The van der Waals surface area contributed by atoms with Crippen LogP contribution < -0.4 is 4.90 Å². The SMILES string of the molecule is CN(C(=O)C(CO)OC1CCCC1)c1ccc2cc(-c3n[nH]c4c3CCC(C)(C)C4)[nH]c2c1. The van der Waals surface area contributed by atoms with Gasteiger partial charge in [-0.2, -0.15) is 5.10 Å². The van der Waals surface area contributed by atoms with Crippen molar-refractivity contribution in [2.75, 3.05) is 18.6 Å². The van der Waals surface area contributed by atoms with E-state index in [0.717, 1.165) is 72.9 Å². The lowest BCUT2D eigenvalue weighted by Gasteiger charge is -2.28. The summed E-state index contributed by atoms with van der Waals surface area (Å²) in [6.45, 7) is 4.30. The Morgan fingerprint density at radius 1 is 1.30 bits per heavy atom. The summed E-state index contributed by atoms with van der Waals surface area (Å²) in [7, 11) is 1.74. The van der Waals surface area contributed by atoms with E-state index in [1.54, 1.807) is 11.9 Å². The number of nitrogens with one attached hydrogen (secondary N) is 2. The van der Waals surface area contributed by atoms with E-state index in [9.17, 15) is 9.90 Å². The largest absolute Gasteiger partial charge is 0.393 e. The highest BCUT2D eigenvalue weighted by atomic mass is 16.5. The molecule has 2 aliphatic carbocycles. The van der Waals surface area contributed by atoms with Crippen LogP contribution >= 0.6 is 0 Å². The Balaban J connectivity index is 1.37. The molecule has 2 heterocycles. The van der Waals surface area contributed by atoms with Crippen LogP contribution in [-0.2, 0) is 22.4 Å². The lowest BCUT2D eigenvalue weighted by atomic mass is 9.76. The first-order valence-corrected chi connectivity index (χ1v) is 12.1. The third-order valence-corrected chi connectivity index (χ3v) is 7.34. The van der Waals surface area contributed by atoms with Crippen molar-refractivity contribution in [1.29, 1.82) is 0 Å². The van der Waals surface area contributed by atoms with Crippen molar-refractivity contribution in [3.8, 4) is 11.4 Å². The maximum absolute atomic E-state index is 13.0. The van der Waals surface area contributed by atoms with Gasteiger partial charge >= 0.3 is 0 Å². The molecule has 176 valence electrons. The van der Waals surface area contributed by atoms with Gasteiger partial charge in [0.05, 0.1) is 18.4 Å². The van der Waals surface area contributed by atoms with Crippen LogP contribution in [0, 0.1) is 5.41 Å². The highest BCUT2D eigenvalue weighted by Crippen LogP contribution is 2.38. The van der Waals surface area contributed by atoms with E-state index in [4.69, 9.17) is 4.74 Å². The van der Waals surface area contributed by atoms with Gasteiger partial charge in [-0.15, -0.1) is 0 Å². The van der Waals surface area contributed by atoms with E-state index >= 15 is 0 Å². The van der Waals surface area contributed by atoms with Gasteiger partial charge in [0.15, 0.2) is 6.10 Å². The van der Waals surface area contributed by atoms with Crippen molar-refractivity contribution < 1.29 is 14.6 Å².